The Morgan fingerprint density at radius 3 is 2.80 bits per heavy atom. The van der Waals surface area contributed by atoms with Gasteiger partial charge < -0.3 is 10.6 Å². The number of hydrogen-bond acceptors (Lipinski definition) is 5. The lowest BCUT2D eigenvalue weighted by molar-refractivity contribution is 0.626. The average molecular weight is 443 g/mol. The van der Waals surface area contributed by atoms with E-state index in [-0.39, 0.29) is 5.82 Å². The Balaban J connectivity index is 1.27. The first-order valence-electron chi connectivity index (χ1n) is 10.4. The molecule has 1 heterocycles. The van der Waals surface area contributed by atoms with Gasteiger partial charge in [-0.3, -0.25) is 4.99 Å². The molecule has 4 nitrogen and oxygen atoms in total. The molecule has 1 aliphatic carbocycles. The van der Waals surface area contributed by atoms with Crippen LogP contribution in [0.25, 0.3) is 10.2 Å². The van der Waals surface area contributed by atoms with E-state index in [2.05, 4.69) is 51.8 Å². The summed E-state index contributed by atoms with van der Waals surface area (Å²) < 4.78 is 14.2. The van der Waals surface area contributed by atoms with Crippen LogP contribution in [0.3, 0.4) is 0 Å². The molecule has 1 unspecified atom stereocenters. The zero-order valence-electron chi connectivity index (χ0n) is 17.3. The summed E-state index contributed by atoms with van der Waals surface area (Å²) in [5, 5.41) is 9.30. The molecule has 0 radical (unpaired) electrons. The van der Waals surface area contributed by atoms with Crippen molar-refractivity contribution < 1.29 is 4.39 Å². The van der Waals surface area contributed by atoms with Crippen molar-refractivity contribution in [2.75, 3.05) is 24.2 Å². The van der Waals surface area contributed by atoms with Gasteiger partial charge in [-0.05, 0) is 61.1 Å². The van der Waals surface area contributed by atoms with E-state index in [0.717, 1.165) is 45.1 Å². The molecule has 7 heteroatoms. The standard InChI is InChI=1S/C23H27FN4S2/c1-15-4-3-5-20(15)29-22(25-2)27-18-9-6-16(7-10-18)12-13-26-23-28-19-11-8-17(24)14-21(19)30-23/h6-11,14-15,20H,3-5,12-13H2,1-2H3,(H,25,27)(H,26,28)/t15-,20?/m1/s1. The minimum atomic E-state index is -0.223. The number of aliphatic imine (C=N–C) groups is 1. The second kappa shape index (κ2) is 9.79. The number of benzene rings is 2. The highest BCUT2D eigenvalue weighted by molar-refractivity contribution is 8.14. The largest absolute Gasteiger partial charge is 0.361 e. The smallest absolute Gasteiger partial charge is 0.183 e. The Hall–Kier alpha value is -2.12. The lowest BCUT2D eigenvalue weighted by Crippen LogP contribution is -2.15. The highest BCUT2D eigenvalue weighted by atomic mass is 32.2. The summed E-state index contributed by atoms with van der Waals surface area (Å²) in [6.07, 6.45) is 4.83. The van der Waals surface area contributed by atoms with Crippen molar-refractivity contribution in [2.45, 2.75) is 37.9 Å². The van der Waals surface area contributed by atoms with Crippen LogP contribution in [0.5, 0.6) is 0 Å². The Morgan fingerprint density at radius 2 is 2.07 bits per heavy atom. The average Bonchev–Trinajstić information content (AvgIpc) is 3.33. The molecule has 1 saturated carbocycles. The van der Waals surface area contributed by atoms with E-state index in [4.69, 9.17) is 0 Å². The number of aromatic nitrogens is 1. The van der Waals surface area contributed by atoms with E-state index in [1.54, 1.807) is 6.07 Å². The minimum absolute atomic E-state index is 0.223. The van der Waals surface area contributed by atoms with Gasteiger partial charge in [-0.25, -0.2) is 9.37 Å². The van der Waals surface area contributed by atoms with E-state index in [9.17, 15) is 4.39 Å². The molecule has 4 rings (SSSR count). The van der Waals surface area contributed by atoms with Crippen LogP contribution in [-0.2, 0) is 6.42 Å². The van der Waals surface area contributed by atoms with E-state index in [1.807, 2.05) is 18.8 Å². The SMILES string of the molecule is CN=C(Nc1ccc(CCNc2nc3ccc(F)cc3s2)cc1)SC1CCC[C@H]1C. The quantitative estimate of drug-likeness (QED) is 0.342. The molecule has 0 amide bonds. The third kappa shape index (κ3) is 5.32. The van der Waals surface area contributed by atoms with Crippen LogP contribution in [0, 0.1) is 11.7 Å². The van der Waals surface area contributed by atoms with Crippen molar-refractivity contribution in [3.63, 3.8) is 0 Å². The summed E-state index contributed by atoms with van der Waals surface area (Å²) in [6, 6.07) is 13.2. The number of anilines is 2. The van der Waals surface area contributed by atoms with Gasteiger partial charge in [0.15, 0.2) is 10.3 Å². The summed E-state index contributed by atoms with van der Waals surface area (Å²) in [4.78, 5) is 8.94. The van der Waals surface area contributed by atoms with Crippen molar-refractivity contribution in [3.8, 4) is 0 Å². The topological polar surface area (TPSA) is 49.3 Å². The number of thiazole rings is 1. The van der Waals surface area contributed by atoms with Gasteiger partial charge in [-0.2, -0.15) is 0 Å². The molecule has 158 valence electrons. The van der Waals surface area contributed by atoms with Gasteiger partial charge in [-0.15, -0.1) is 0 Å². The summed E-state index contributed by atoms with van der Waals surface area (Å²) >= 11 is 3.36. The molecule has 2 N–H and O–H groups in total. The third-order valence-corrected chi connectivity index (χ3v) is 7.98. The molecule has 2 atom stereocenters. The first-order valence-corrected chi connectivity index (χ1v) is 12.1. The maximum Gasteiger partial charge on any atom is 0.183 e. The molecule has 2 aromatic carbocycles. The maximum atomic E-state index is 13.3. The monoisotopic (exact) mass is 442 g/mol. The molecular weight excluding hydrogens is 415 g/mol. The summed E-state index contributed by atoms with van der Waals surface area (Å²) in [7, 11) is 1.85. The fraction of sp³-hybridized carbons (Fsp3) is 0.391. The minimum Gasteiger partial charge on any atom is -0.361 e. The van der Waals surface area contributed by atoms with Crippen LogP contribution in [0.1, 0.15) is 31.7 Å². The Bertz CT molecular complexity index is 1020. The molecule has 1 fully saturated rings. The van der Waals surface area contributed by atoms with Gasteiger partial charge in [0.1, 0.15) is 5.82 Å². The zero-order chi connectivity index (χ0) is 20.9. The van der Waals surface area contributed by atoms with Crippen molar-refractivity contribution in [2.24, 2.45) is 10.9 Å². The predicted molar refractivity (Wildman–Crippen MR) is 130 cm³/mol. The molecule has 1 aromatic heterocycles. The first kappa shape index (κ1) is 21.1. The Kier molecular flexibility index (Phi) is 6.89. The van der Waals surface area contributed by atoms with Gasteiger partial charge in [0.2, 0.25) is 0 Å². The fourth-order valence-electron chi connectivity index (χ4n) is 3.73. The number of halogens is 1. The van der Waals surface area contributed by atoms with Crippen molar-refractivity contribution in [1.82, 2.24) is 4.98 Å². The summed E-state index contributed by atoms with van der Waals surface area (Å²) in [6.45, 7) is 3.12. The number of amidine groups is 1. The second-order valence-corrected chi connectivity index (χ2v) is 9.98. The van der Waals surface area contributed by atoms with Gasteiger partial charge in [0, 0.05) is 24.5 Å². The number of rotatable bonds is 6. The normalized spacial score (nSPS) is 19.4. The number of nitrogens with one attached hydrogen (secondary N) is 2. The lowest BCUT2D eigenvalue weighted by Gasteiger charge is -2.17. The number of fused-ring (bicyclic) bond motifs is 1. The molecule has 3 aromatic rings. The molecular formula is C23H27FN4S2. The number of thioether (sulfide) groups is 1. The van der Waals surface area contributed by atoms with Crippen LogP contribution >= 0.6 is 23.1 Å². The second-order valence-electron chi connectivity index (χ2n) is 7.72. The molecule has 0 aliphatic heterocycles. The summed E-state index contributed by atoms with van der Waals surface area (Å²) in [5.41, 5.74) is 3.16. The fourth-order valence-corrected chi connectivity index (χ4v) is 5.87. The van der Waals surface area contributed by atoms with Crippen LogP contribution < -0.4 is 10.6 Å². The van der Waals surface area contributed by atoms with Gasteiger partial charge in [-0.1, -0.05) is 48.6 Å². The van der Waals surface area contributed by atoms with E-state index < -0.39 is 0 Å². The van der Waals surface area contributed by atoms with Crippen LogP contribution in [0.15, 0.2) is 47.5 Å². The van der Waals surface area contributed by atoms with E-state index >= 15 is 0 Å². The van der Waals surface area contributed by atoms with Crippen LogP contribution in [0.2, 0.25) is 0 Å². The maximum absolute atomic E-state index is 13.3. The van der Waals surface area contributed by atoms with Crippen LogP contribution in [-0.4, -0.2) is 29.0 Å². The molecule has 0 saturated heterocycles. The molecule has 1 aliphatic rings. The lowest BCUT2D eigenvalue weighted by atomic mass is 10.1. The number of nitrogens with zero attached hydrogens (tertiary/aromatic N) is 2. The molecule has 0 spiro atoms. The third-order valence-electron chi connectivity index (χ3n) is 5.49. The van der Waals surface area contributed by atoms with Crippen molar-refractivity contribution in [1.29, 1.82) is 0 Å². The van der Waals surface area contributed by atoms with Crippen LogP contribution in [0.4, 0.5) is 15.2 Å². The predicted octanol–water partition coefficient (Wildman–Crippen LogP) is 6.41. The highest BCUT2D eigenvalue weighted by Crippen LogP contribution is 2.35. The van der Waals surface area contributed by atoms with E-state index in [1.165, 1.54) is 48.3 Å². The van der Waals surface area contributed by atoms with Crippen molar-refractivity contribution in [3.05, 3.63) is 53.8 Å². The molecule has 30 heavy (non-hydrogen) atoms. The van der Waals surface area contributed by atoms with Gasteiger partial charge >= 0.3 is 0 Å². The van der Waals surface area contributed by atoms with Crippen molar-refractivity contribution >= 4 is 49.3 Å². The molecule has 0 bridgehead atoms. The van der Waals surface area contributed by atoms with E-state index in [0.29, 0.717) is 5.25 Å². The number of hydrogen-bond donors (Lipinski definition) is 2. The Morgan fingerprint density at radius 1 is 1.23 bits per heavy atom. The Labute approximate surface area is 185 Å². The van der Waals surface area contributed by atoms with Gasteiger partial charge in [0.05, 0.1) is 10.2 Å². The summed E-state index contributed by atoms with van der Waals surface area (Å²) in [5.74, 6) is 0.539. The van der Waals surface area contributed by atoms with Gasteiger partial charge in [0.25, 0.3) is 0 Å². The first-order chi connectivity index (χ1) is 14.6. The highest BCUT2D eigenvalue weighted by Gasteiger charge is 2.25. The zero-order valence-corrected chi connectivity index (χ0v) is 19.0.